The lowest BCUT2D eigenvalue weighted by atomic mass is 9.80. The van der Waals surface area contributed by atoms with Crippen molar-refractivity contribution in [3.8, 4) is 11.6 Å². The van der Waals surface area contributed by atoms with Crippen molar-refractivity contribution in [2.45, 2.75) is 31.8 Å². The largest absolute Gasteiger partial charge is 0.484 e. The molecule has 5 heterocycles. The summed E-state index contributed by atoms with van der Waals surface area (Å²) in [5, 5.41) is 3.18. The number of amides is 1. The molecule has 0 spiro atoms. The van der Waals surface area contributed by atoms with Gasteiger partial charge in [-0.2, -0.15) is 0 Å². The van der Waals surface area contributed by atoms with E-state index in [1.165, 1.54) is 12.8 Å². The topological polar surface area (TPSA) is 63.7 Å². The fraction of sp³-hybridized carbons (Fsp3) is 0.625. The van der Waals surface area contributed by atoms with Crippen molar-refractivity contribution in [3.05, 3.63) is 17.8 Å². The zero-order valence-electron chi connectivity index (χ0n) is 12.7. The first-order chi connectivity index (χ1) is 10.7. The van der Waals surface area contributed by atoms with Crippen LogP contribution in [0.2, 0.25) is 0 Å². The number of carbonyl (C=O) groups excluding carboxylic acids is 1. The van der Waals surface area contributed by atoms with Gasteiger partial charge in [0, 0.05) is 30.9 Å². The van der Waals surface area contributed by atoms with E-state index in [1.807, 2.05) is 0 Å². The van der Waals surface area contributed by atoms with Gasteiger partial charge in [-0.1, -0.05) is 0 Å². The molecule has 3 saturated heterocycles. The van der Waals surface area contributed by atoms with E-state index in [4.69, 9.17) is 9.47 Å². The van der Waals surface area contributed by atoms with Crippen LogP contribution < -0.4 is 14.8 Å². The first-order valence-corrected chi connectivity index (χ1v) is 8.01. The zero-order chi connectivity index (χ0) is 15.1. The Kier molecular flexibility index (Phi) is 3.41. The Morgan fingerprint density at radius 2 is 2.27 bits per heavy atom. The molecule has 6 nitrogen and oxygen atoms in total. The SMILES string of the molecule is CC1CC2CCN1CC2NC(=O)c1cnc2c(c1)OCCO2. The Hall–Kier alpha value is -1.82. The van der Waals surface area contributed by atoms with Crippen LogP contribution >= 0.6 is 0 Å². The third-order valence-corrected chi connectivity index (χ3v) is 5.03. The predicted molar refractivity (Wildman–Crippen MR) is 80.2 cm³/mol. The summed E-state index contributed by atoms with van der Waals surface area (Å²) in [4.78, 5) is 19.1. The summed E-state index contributed by atoms with van der Waals surface area (Å²) in [6.07, 6.45) is 3.91. The zero-order valence-corrected chi connectivity index (χ0v) is 12.7. The van der Waals surface area contributed by atoms with Gasteiger partial charge in [0.15, 0.2) is 5.75 Å². The Balaban J connectivity index is 1.46. The molecule has 3 fully saturated rings. The lowest BCUT2D eigenvalue weighted by Crippen LogP contribution is -2.60. The average Bonchev–Trinajstić information content (AvgIpc) is 2.55. The van der Waals surface area contributed by atoms with Crippen molar-refractivity contribution in [2.24, 2.45) is 5.92 Å². The van der Waals surface area contributed by atoms with Crippen molar-refractivity contribution in [3.63, 3.8) is 0 Å². The highest BCUT2D eigenvalue weighted by Gasteiger charge is 2.38. The van der Waals surface area contributed by atoms with Crippen LogP contribution in [0, 0.1) is 5.92 Å². The molecule has 4 aliphatic heterocycles. The highest BCUT2D eigenvalue weighted by molar-refractivity contribution is 5.94. The molecular formula is C16H21N3O3. The maximum Gasteiger partial charge on any atom is 0.257 e. The fourth-order valence-corrected chi connectivity index (χ4v) is 3.77. The molecule has 4 atom stereocenters. The number of nitrogens with one attached hydrogen (secondary N) is 1. The third kappa shape index (κ3) is 2.41. The van der Waals surface area contributed by atoms with Gasteiger partial charge in [0.1, 0.15) is 13.2 Å². The summed E-state index contributed by atoms with van der Waals surface area (Å²) < 4.78 is 10.9. The fourth-order valence-electron chi connectivity index (χ4n) is 3.77. The molecule has 1 aromatic rings. The highest BCUT2D eigenvalue weighted by Crippen LogP contribution is 2.32. The predicted octanol–water partition coefficient (Wildman–Crippen LogP) is 1.07. The molecule has 0 saturated carbocycles. The van der Waals surface area contributed by atoms with Crippen molar-refractivity contribution in [2.75, 3.05) is 26.3 Å². The number of carbonyl (C=O) groups is 1. The first-order valence-electron chi connectivity index (χ1n) is 8.01. The van der Waals surface area contributed by atoms with E-state index < -0.39 is 0 Å². The highest BCUT2D eigenvalue weighted by atomic mass is 16.6. The molecule has 2 bridgehead atoms. The molecule has 0 radical (unpaired) electrons. The molecule has 6 heteroatoms. The number of rotatable bonds is 2. The van der Waals surface area contributed by atoms with Crippen molar-refractivity contribution >= 4 is 5.91 Å². The molecule has 4 unspecified atom stereocenters. The Morgan fingerprint density at radius 3 is 3.05 bits per heavy atom. The number of aromatic nitrogens is 1. The van der Waals surface area contributed by atoms with Gasteiger partial charge in [0.2, 0.25) is 0 Å². The molecular weight excluding hydrogens is 282 g/mol. The molecule has 4 aliphatic rings. The third-order valence-electron chi connectivity index (χ3n) is 5.03. The van der Waals surface area contributed by atoms with Gasteiger partial charge in [0.05, 0.1) is 5.56 Å². The number of hydrogen-bond acceptors (Lipinski definition) is 5. The maximum absolute atomic E-state index is 12.5. The number of piperidine rings is 3. The van der Waals surface area contributed by atoms with Crippen LogP contribution in [0.25, 0.3) is 0 Å². The van der Waals surface area contributed by atoms with Gasteiger partial charge in [-0.3, -0.25) is 9.69 Å². The van der Waals surface area contributed by atoms with E-state index in [9.17, 15) is 4.79 Å². The van der Waals surface area contributed by atoms with Gasteiger partial charge >= 0.3 is 0 Å². The Labute approximate surface area is 129 Å². The number of pyridine rings is 1. The molecule has 1 aromatic heterocycles. The second kappa shape index (κ2) is 5.43. The standard InChI is InChI=1S/C16H21N3O3/c1-10-6-11-2-3-19(10)9-13(11)18-15(20)12-7-14-16(17-8-12)22-5-4-21-14/h7-8,10-11,13H,2-6,9H2,1H3,(H,18,20). The van der Waals surface area contributed by atoms with Crippen molar-refractivity contribution in [1.82, 2.24) is 15.2 Å². The molecule has 22 heavy (non-hydrogen) atoms. The smallest absolute Gasteiger partial charge is 0.257 e. The molecule has 118 valence electrons. The maximum atomic E-state index is 12.5. The summed E-state index contributed by atoms with van der Waals surface area (Å²) in [5.74, 6) is 1.55. The summed E-state index contributed by atoms with van der Waals surface area (Å²) in [7, 11) is 0. The van der Waals surface area contributed by atoms with Crippen molar-refractivity contribution in [1.29, 1.82) is 0 Å². The number of ether oxygens (including phenoxy) is 2. The van der Waals surface area contributed by atoms with Crippen LogP contribution in [0.3, 0.4) is 0 Å². The average molecular weight is 303 g/mol. The van der Waals surface area contributed by atoms with Crippen LogP contribution in [0.15, 0.2) is 12.3 Å². The molecule has 1 N–H and O–H groups in total. The van der Waals surface area contributed by atoms with Gasteiger partial charge in [-0.25, -0.2) is 4.98 Å². The second-order valence-electron chi connectivity index (χ2n) is 6.43. The summed E-state index contributed by atoms with van der Waals surface area (Å²) in [5.41, 5.74) is 0.536. The van der Waals surface area contributed by atoms with E-state index in [2.05, 4.69) is 22.1 Å². The van der Waals surface area contributed by atoms with Gasteiger partial charge < -0.3 is 14.8 Å². The molecule has 5 rings (SSSR count). The van der Waals surface area contributed by atoms with Gasteiger partial charge in [-0.15, -0.1) is 0 Å². The normalized spacial score (nSPS) is 32.6. The Bertz CT molecular complexity index is 592. The summed E-state index contributed by atoms with van der Waals surface area (Å²) in [6.45, 7) is 5.38. The summed E-state index contributed by atoms with van der Waals surface area (Å²) in [6, 6.07) is 2.61. The number of nitrogens with zero attached hydrogens (tertiary/aromatic N) is 2. The van der Waals surface area contributed by atoms with Crippen LogP contribution in [0.5, 0.6) is 11.6 Å². The summed E-state index contributed by atoms with van der Waals surface area (Å²) >= 11 is 0. The first kappa shape index (κ1) is 13.8. The minimum absolute atomic E-state index is 0.0733. The van der Waals surface area contributed by atoms with E-state index in [1.54, 1.807) is 12.3 Å². The van der Waals surface area contributed by atoms with E-state index >= 15 is 0 Å². The minimum Gasteiger partial charge on any atom is -0.484 e. The lowest BCUT2D eigenvalue weighted by molar-refractivity contribution is 0.0274. The monoisotopic (exact) mass is 303 g/mol. The van der Waals surface area contributed by atoms with E-state index in [-0.39, 0.29) is 11.9 Å². The van der Waals surface area contributed by atoms with Gasteiger partial charge in [-0.05, 0) is 32.2 Å². The van der Waals surface area contributed by atoms with Crippen LogP contribution in [-0.4, -0.2) is 54.2 Å². The van der Waals surface area contributed by atoms with E-state index in [0.717, 1.165) is 13.1 Å². The van der Waals surface area contributed by atoms with Crippen LogP contribution in [0.4, 0.5) is 0 Å². The lowest BCUT2D eigenvalue weighted by Gasteiger charge is -2.48. The number of fused-ring (bicyclic) bond motifs is 4. The van der Waals surface area contributed by atoms with Gasteiger partial charge in [0.25, 0.3) is 11.8 Å². The molecule has 1 amide bonds. The van der Waals surface area contributed by atoms with Crippen LogP contribution in [-0.2, 0) is 0 Å². The second-order valence-corrected chi connectivity index (χ2v) is 6.43. The van der Waals surface area contributed by atoms with E-state index in [0.29, 0.717) is 42.4 Å². The molecule has 0 aliphatic carbocycles. The quantitative estimate of drug-likeness (QED) is 0.885. The number of hydrogen-bond donors (Lipinski definition) is 1. The molecule has 0 aromatic carbocycles. The van der Waals surface area contributed by atoms with Crippen molar-refractivity contribution < 1.29 is 14.3 Å². The van der Waals surface area contributed by atoms with Crippen LogP contribution in [0.1, 0.15) is 30.1 Å². The minimum atomic E-state index is -0.0733. The Morgan fingerprint density at radius 1 is 1.41 bits per heavy atom.